The van der Waals surface area contributed by atoms with Gasteiger partial charge in [-0.25, -0.2) is 0 Å². The molecule has 0 aromatic heterocycles. The first-order valence-electron chi connectivity index (χ1n) is 7.17. The summed E-state index contributed by atoms with van der Waals surface area (Å²) in [6.45, 7) is 0.596. The van der Waals surface area contributed by atoms with E-state index in [-0.39, 0.29) is 6.10 Å². The largest absolute Gasteiger partial charge is 0.497 e. The fourth-order valence-corrected chi connectivity index (χ4v) is 2.77. The molecule has 0 heterocycles. The van der Waals surface area contributed by atoms with Crippen LogP contribution in [0.2, 0.25) is 0 Å². The number of nitrogens with zero attached hydrogens (tertiary/aromatic N) is 1. The van der Waals surface area contributed by atoms with Gasteiger partial charge < -0.3 is 14.6 Å². The number of benzene rings is 1. The van der Waals surface area contributed by atoms with Gasteiger partial charge in [0.15, 0.2) is 0 Å². The fourth-order valence-electron chi connectivity index (χ4n) is 2.77. The summed E-state index contributed by atoms with van der Waals surface area (Å²) in [5.41, 5.74) is 0.124. The highest BCUT2D eigenvalue weighted by atomic mass is 16.5. The summed E-state index contributed by atoms with van der Waals surface area (Å²) >= 11 is 0. The van der Waals surface area contributed by atoms with Crippen molar-refractivity contribution in [2.45, 2.75) is 37.4 Å². The summed E-state index contributed by atoms with van der Waals surface area (Å²) in [5.74, 6) is 0.784. The predicted molar refractivity (Wildman–Crippen MR) is 78.8 cm³/mol. The smallest absolute Gasteiger partial charge is 0.119 e. The lowest BCUT2D eigenvalue weighted by atomic mass is 9.78. The molecule has 2 atom stereocenters. The summed E-state index contributed by atoms with van der Waals surface area (Å²) in [4.78, 5) is 2.00. The normalized spacial score (nSPS) is 26.8. The van der Waals surface area contributed by atoms with E-state index in [2.05, 4.69) is 0 Å². The predicted octanol–water partition coefficient (Wildman–Crippen LogP) is 2.36. The van der Waals surface area contributed by atoms with Gasteiger partial charge in [0.05, 0.1) is 25.5 Å². The zero-order valence-corrected chi connectivity index (χ0v) is 12.6. The van der Waals surface area contributed by atoms with Crippen molar-refractivity contribution in [1.82, 2.24) is 4.90 Å². The Morgan fingerprint density at radius 1 is 1.40 bits per heavy atom. The molecule has 1 aliphatic carbocycles. The van der Waals surface area contributed by atoms with E-state index >= 15 is 0 Å². The van der Waals surface area contributed by atoms with E-state index in [0.29, 0.717) is 13.2 Å². The third-order valence-corrected chi connectivity index (χ3v) is 3.86. The second-order valence-electron chi connectivity index (χ2n) is 5.86. The molecule has 1 saturated carbocycles. The van der Waals surface area contributed by atoms with Crippen LogP contribution in [0.4, 0.5) is 0 Å². The third-order valence-electron chi connectivity index (χ3n) is 3.86. The quantitative estimate of drug-likeness (QED) is 0.840. The Kier molecular flexibility index (Phi) is 5.02. The second-order valence-corrected chi connectivity index (χ2v) is 5.86. The van der Waals surface area contributed by atoms with Crippen LogP contribution >= 0.6 is 0 Å². The van der Waals surface area contributed by atoms with Crippen LogP contribution in [-0.2, 0) is 10.3 Å². The molecule has 4 heteroatoms. The van der Waals surface area contributed by atoms with Crippen molar-refractivity contribution >= 4 is 0 Å². The van der Waals surface area contributed by atoms with Gasteiger partial charge in [-0.15, -0.1) is 0 Å². The molecule has 20 heavy (non-hydrogen) atoms. The molecular weight excluding hydrogens is 254 g/mol. The zero-order valence-electron chi connectivity index (χ0n) is 12.6. The molecule has 0 bridgehead atoms. The average molecular weight is 279 g/mol. The van der Waals surface area contributed by atoms with E-state index in [1.54, 1.807) is 7.11 Å². The monoisotopic (exact) mass is 279 g/mol. The lowest BCUT2D eigenvalue weighted by molar-refractivity contribution is -0.0932. The maximum Gasteiger partial charge on any atom is 0.119 e. The molecule has 0 spiro atoms. The highest BCUT2D eigenvalue weighted by Gasteiger charge is 2.36. The van der Waals surface area contributed by atoms with Gasteiger partial charge in [0.1, 0.15) is 5.75 Å². The van der Waals surface area contributed by atoms with Gasteiger partial charge in [0.25, 0.3) is 0 Å². The van der Waals surface area contributed by atoms with Crippen molar-refractivity contribution in [3.05, 3.63) is 29.8 Å². The summed E-state index contributed by atoms with van der Waals surface area (Å²) in [7, 11) is 5.61. The lowest BCUT2D eigenvalue weighted by Gasteiger charge is -2.37. The van der Waals surface area contributed by atoms with Gasteiger partial charge in [0, 0.05) is 6.42 Å². The van der Waals surface area contributed by atoms with Gasteiger partial charge in [-0.1, -0.05) is 12.1 Å². The Bertz CT molecular complexity index is 435. The molecule has 1 fully saturated rings. The highest BCUT2D eigenvalue weighted by Crippen LogP contribution is 2.39. The standard InChI is InChI=1S/C16H25NO3/c1-17(2)12-20-15-8-5-9-16(18,11-15)13-6-4-7-14(10-13)19-3/h4,6-7,10,15,18H,5,8-9,11-12H2,1-3H3. The summed E-state index contributed by atoms with van der Waals surface area (Å²) in [6.07, 6.45) is 3.53. The van der Waals surface area contributed by atoms with E-state index in [0.717, 1.165) is 30.6 Å². The molecule has 2 rings (SSSR count). The molecule has 1 aromatic carbocycles. The van der Waals surface area contributed by atoms with Crippen LogP contribution in [-0.4, -0.2) is 44.0 Å². The Balaban J connectivity index is 2.08. The van der Waals surface area contributed by atoms with E-state index in [9.17, 15) is 5.11 Å². The van der Waals surface area contributed by atoms with Crippen molar-refractivity contribution < 1.29 is 14.6 Å². The average Bonchev–Trinajstić information content (AvgIpc) is 2.45. The van der Waals surface area contributed by atoms with Crippen LogP contribution in [0.1, 0.15) is 31.2 Å². The first-order valence-corrected chi connectivity index (χ1v) is 7.17. The maximum absolute atomic E-state index is 10.9. The molecule has 112 valence electrons. The SMILES string of the molecule is COc1cccc(C2(O)CCCC(OCN(C)C)C2)c1. The van der Waals surface area contributed by atoms with Crippen molar-refractivity contribution in [1.29, 1.82) is 0 Å². The van der Waals surface area contributed by atoms with Crippen molar-refractivity contribution in [2.24, 2.45) is 0 Å². The Morgan fingerprint density at radius 2 is 2.20 bits per heavy atom. The van der Waals surface area contributed by atoms with Crippen molar-refractivity contribution in [3.8, 4) is 5.75 Å². The number of hydrogen-bond acceptors (Lipinski definition) is 4. The highest BCUT2D eigenvalue weighted by molar-refractivity contribution is 5.32. The van der Waals surface area contributed by atoms with Gasteiger partial charge in [-0.2, -0.15) is 0 Å². The van der Waals surface area contributed by atoms with Crippen molar-refractivity contribution in [3.63, 3.8) is 0 Å². The van der Waals surface area contributed by atoms with Gasteiger partial charge in [-0.05, 0) is 51.1 Å². The van der Waals surface area contributed by atoms with Gasteiger partial charge >= 0.3 is 0 Å². The summed E-state index contributed by atoms with van der Waals surface area (Å²) in [6, 6.07) is 7.72. The van der Waals surface area contributed by atoms with Crippen LogP contribution in [0.3, 0.4) is 0 Å². The number of ether oxygens (including phenoxy) is 2. The van der Waals surface area contributed by atoms with Crippen molar-refractivity contribution in [2.75, 3.05) is 27.9 Å². The first-order chi connectivity index (χ1) is 9.53. The van der Waals surface area contributed by atoms with Crippen LogP contribution in [0, 0.1) is 0 Å². The van der Waals surface area contributed by atoms with Crippen LogP contribution < -0.4 is 4.74 Å². The topological polar surface area (TPSA) is 41.9 Å². The van der Waals surface area contributed by atoms with E-state index in [1.165, 1.54) is 0 Å². The summed E-state index contributed by atoms with van der Waals surface area (Å²) in [5, 5.41) is 10.9. The first kappa shape index (κ1) is 15.3. The van der Waals surface area contributed by atoms with Crippen LogP contribution in [0.5, 0.6) is 5.75 Å². The molecule has 0 saturated heterocycles. The number of aliphatic hydroxyl groups is 1. The van der Waals surface area contributed by atoms with Crippen LogP contribution in [0.15, 0.2) is 24.3 Å². The second kappa shape index (κ2) is 6.57. The molecule has 4 nitrogen and oxygen atoms in total. The molecule has 1 aromatic rings. The lowest BCUT2D eigenvalue weighted by Crippen LogP contribution is -2.37. The minimum atomic E-state index is -0.802. The molecule has 2 unspecified atom stereocenters. The molecule has 0 amide bonds. The summed E-state index contributed by atoms with van der Waals surface area (Å²) < 4.78 is 11.1. The van der Waals surface area contributed by atoms with Gasteiger partial charge in [0.2, 0.25) is 0 Å². The Labute approximate surface area is 121 Å². The van der Waals surface area contributed by atoms with E-state index < -0.39 is 5.60 Å². The Hall–Kier alpha value is -1.10. The number of methoxy groups -OCH3 is 1. The number of rotatable bonds is 5. The van der Waals surface area contributed by atoms with E-state index in [1.807, 2.05) is 43.3 Å². The Morgan fingerprint density at radius 3 is 2.90 bits per heavy atom. The fraction of sp³-hybridized carbons (Fsp3) is 0.625. The third kappa shape index (κ3) is 3.72. The number of hydrogen-bond donors (Lipinski definition) is 1. The van der Waals surface area contributed by atoms with E-state index in [4.69, 9.17) is 9.47 Å². The minimum Gasteiger partial charge on any atom is -0.497 e. The molecule has 0 aliphatic heterocycles. The molecule has 1 N–H and O–H groups in total. The molecular formula is C16H25NO3. The zero-order chi connectivity index (χ0) is 14.6. The molecule has 0 radical (unpaired) electrons. The van der Waals surface area contributed by atoms with Crippen LogP contribution in [0.25, 0.3) is 0 Å². The van der Waals surface area contributed by atoms with Gasteiger partial charge in [-0.3, -0.25) is 4.90 Å². The minimum absolute atomic E-state index is 0.113. The maximum atomic E-state index is 10.9. The molecule has 1 aliphatic rings.